The van der Waals surface area contributed by atoms with Crippen molar-refractivity contribution >= 4 is 11.6 Å². The van der Waals surface area contributed by atoms with E-state index in [2.05, 4.69) is 0 Å². The number of likely N-dealkylation sites (tertiary alicyclic amines) is 1. The number of nitrogens with zero attached hydrogens (tertiary/aromatic N) is 2. The zero-order valence-corrected chi connectivity index (χ0v) is 9.84. The second-order valence-corrected chi connectivity index (χ2v) is 4.61. The van der Waals surface area contributed by atoms with Crippen molar-refractivity contribution in [1.82, 2.24) is 4.90 Å². The maximum absolute atomic E-state index is 12.0. The van der Waals surface area contributed by atoms with Crippen LogP contribution in [-0.4, -0.2) is 29.3 Å². The number of hydrogen-bond acceptors (Lipinski definition) is 3. The Balaban J connectivity index is 2.35. The minimum absolute atomic E-state index is 0.0520. The van der Waals surface area contributed by atoms with Crippen LogP contribution in [-0.2, 0) is 10.2 Å². The van der Waals surface area contributed by atoms with Crippen LogP contribution in [0.2, 0.25) is 0 Å². The summed E-state index contributed by atoms with van der Waals surface area (Å²) in [4.78, 5) is 23.9. The standard InChI is InChI=1S/C12H14N2O3/c1-12(7-8-13(2)11(12)15)9-3-5-10(6-4-9)14(16)17/h3-6H,7-8H2,1-2H3. The highest BCUT2D eigenvalue weighted by Gasteiger charge is 2.42. The van der Waals surface area contributed by atoms with E-state index in [-0.39, 0.29) is 11.6 Å². The third kappa shape index (κ3) is 1.77. The summed E-state index contributed by atoms with van der Waals surface area (Å²) in [6, 6.07) is 6.25. The van der Waals surface area contributed by atoms with Gasteiger partial charge in [0, 0.05) is 25.7 Å². The number of amides is 1. The van der Waals surface area contributed by atoms with E-state index in [4.69, 9.17) is 0 Å². The summed E-state index contributed by atoms with van der Waals surface area (Å²) >= 11 is 0. The summed E-state index contributed by atoms with van der Waals surface area (Å²) in [5.41, 5.74) is 0.359. The molecule has 1 saturated heterocycles. The molecular formula is C12H14N2O3. The maximum atomic E-state index is 12.0. The Labute approximate surface area is 99.2 Å². The number of benzene rings is 1. The van der Waals surface area contributed by atoms with Gasteiger partial charge in [-0.1, -0.05) is 12.1 Å². The van der Waals surface area contributed by atoms with Crippen molar-refractivity contribution in [1.29, 1.82) is 0 Å². The van der Waals surface area contributed by atoms with Crippen molar-refractivity contribution < 1.29 is 9.72 Å². The summed E-state index contributed by atoms with van der Waals surface area (Å²) in [6.45, 7) is 2.62. The van der Waals surface area contributed by atoms with Gasteiger partial charge in [0.2, 0.25) is 5.91 Å². The van der Waals surface area contributed by atoms with Crippen LogP contribution >= 0.6 is 0 Å². The molecule has 17 heavy (non-hydrogen) atoms. The van der Waals surface area contributed by atoms with Crippen LogP contribution in [0.5, 0.6) is 0 Å². The molecule has 0 radical (unpaired) electrons. The molecule has 1 fully saturated rings. The van der Waals surface area contributed by atoms with E-state index >= 15 is 0 Å². The SMILES string of the molecule is CN1CCC(C)(c2ccc([N+](=O)[O-])cc2)C1=O. The van der Waals surface area contributed by atoms with Gasteiger partial charge in [-0.15, -0.1) is 0 Å². The monoisotopic (exact) mass is 234 g/mol. The van der Waals surface area contributed by atoms with E-state index in [1.807, 2.05) is 6.92 Å². The predicted octanol–water partition coefficient (Wildman–Crippen LogP) is 1.71. The van der Waals surface area contributed by atoms with Crippen LogP contribution < -0.4 is 0 Å². The molecule has 0 aromatic heterocycles. The molecular weight excluding hydrogens is 220 g/mol. The molecule has 0 bridgehead atoms. The molecule has 2 rings (SSSR count). The lowest BCUT2D eigenvalue weighted by atomic mass is 9.81. The lowest BCUT2D eigenvalue weighted by Gasteiger charge is -2.22. The number of carbonyl (C=O) groups is 1. The lowest BCUT2D eigenvalue weighted by Crippen LogP contribution is -2.33. The molecule has 90 valence electrons. The second-order valence-electron chi connectivity index (χ2n) is 4.61. The third-order valence-corrected chi connectivity index (χ3v) is 3.48. The van der Waals surface area contributed by atoms with E-state index in [9.17, 15) is 14.9 Å². The molecule has 1 aromatic rings. The molecule has 1 atom stereocenters. The van der Waals surface area contributed by atoms with Gasteiger partial charge in [0.05, 0.1) is 10.3 Å². The van der Waals surface area contributed by atoms with Crippen LogP contribution in [0, 0.1) is 10.1 Å². The Morgan fingerprint density at radius 3 is 2.35 bits per heavy atom. The first-order valence-corrected chi connectivity index (χ1v) is 5.45. The van der Waals surface area contributed by atoms with E-state index in [1.165, 1.54) is 12.1 Å². The Morgan fingerprint density at radius 1 is 1.35 bits per heavy atom. The average molecular weight is 234 g/mol. The topological polar surface area (TPSA) is 63.4 Å². The third-order valence-electron chi connectivity index (χ3n) is 3.48. The number of hydrogen-bond donors (Lipinski definition) is 0. The second kappa shape index (κ2) is 3.84. The fourth-order valence-corrected chi connectivity index (χ4v) is 2.24. The summed E-state index contributed by atoms with van der Waals surface area (Å²) in [6.07, 6.45) is 0.750. The van der Waals surface area contributed by atoms with E-state index in [0.29, 0.717) is 0 Å². The number of likely N-dealkylation sites (N-methyl/N-ethyl adjacent to an activating group) is 1. The first-order valence-electron chi connectivity index (χ1n) is 5.45. The molecule has 5 heteroatoms. The molecule has 0 saturated carbocycles. The van der Waals surface area contributed by atoms with Crippen molar-refractivity contribution in [2.45, 2.75) is 18.8 Å². The molecule has 1 aromatic carbocycles. The first kappa shape index (κ1) is 11.6. The normalized spacial score (nSPS) is 24.1. The van der Waals surface area contributed by atoms with Crippen molar-refractivity contribution in [2.75, 3.05) is 13.6 Å². The maximum Gasteiger partial charge on any atom is 0.269 e. The number of carbonyl (C=O) groups excluding carboxylic acids is 1. The van der Waals surface area contributed by atoms with Gasteiger partial charge in [0.25, 0.3) is 5.69 Å². The van der Waals surface area contributed by atoms with E-state index in [1.54, 1.807) is 24.1 Å². The van der Waals surface area contributed by atoms with Gasteiger partial charge in [0.1, 0.15) is 0 Å². The summed E-state index contributed by atoms with van der Waals surface area (Å²) in [5, 5.41) is 10.6. The fraction of sp³-hybridized carbons (Fsp3) is 0.417. The van der Waals surface area contributed by atoms with Gasteiger partial charge in [-0.25, -0.2) is 0 Å². The molecule has 0 N–H and O–H groups in total. The summed E-state index contributed by atoms with van der Waals surface area (Å²) < 4.78 is 0. The van der Waals surface area contributed by atoms with Crippen molar-refractivity contribution in [2.24, 2.45) is 0 Å². The molecule has 1 heterocycles. The van der Waals surface area contributed by atoms with Crippen LogP contribution in [0.1, 0.15) is 18.9 Å². The number of nitro benzene ring substituents is 1. The quantitative estimate of drug-likeness (QED) is 0.578. The predicted molar refractivity (Wildman–Crippen MR) is 62.7 cm³/mol. The summed E-state index contributed by atoms with van der Waals surface area (Å²) in [7, 11) is 1.78. The lowest BCUT2D eigenvalue weighted by molar-refractivity contribution is -0.384. The molecule has 0 aliphatic carbocycles. The molecule has 0 spiro atoms. The van der Waals surface area contributed by atoms with Crippen LogP contribution in [0.3, 0.4) is 0 Å². The highest BCUT2D eigenvalue weighted by molar-refractivity contribution is 5.89. The van der Waals surface area contributed by atoms with Gasteiger partial charge >= 0.3 is 0 Å². The van der Waals surface area contributed by atoms with Crippen LogP contribution in [0.25, 0.3) is 0 Å². The van der Waals surface area contributed by atoms with Crippen molar-refractivity contribution in [3.8, 4) is 0 Å². The molecule has 1 unspecified atom stereocenters. The van der Waals surface area contributed by atoms with Gasteiger partial charge in [0.15, 0.2) is 0 Å². The zero-order chi connectivity index (χ0) is 12.6. The minimum Gasteiger partial charge on any atom is -0.345 e. The average Bonchev–Trinajstić information content (AvgIpc) is 2.59. The van der Waals surface area contributed by atoms with E-state index in [0.717, 1.165) is 18.5 Å². The van der Waals surface area contributed by atoms with Gasteiger partial charge in [-0.3, -0.25) is 14.9 Å². The molecule has 1 aliphatic rings. The largest absolute Gasteiger partial charge is 0.345 e. The van der Waals surface area contributed by atoms with E-state index < -0.39 is 10.3 Å². The Hall–Kier alpha value is -1.91. The highest BCUT2D eigenvalue weighted by atomic mass is 16.6. The number of nitro groups is 1. The summed E-state index contributed by atoms with van der Waals surface area (Å²) in [5.74, 6) is 0.0753. The Bertz CT molecular complexity index is 469. The Morgan fingerprint density at radius 2 is 1.94 bits per heavy atom. The van der Waals surface area contributed by atoms with Crippen LogP contribution in [0.15, 0.2) is 24.3 Å². The molecule has 1 amide bonds. The molecule has 1 aliphatic heterocycles. The van der Waals surface area contributed by atoms with Gasteiger partial charge in [-0.05, 0) is 18.9 Å². The van der Waals surface area contributed by atoms with Crippen LogP contribution in [0.4, 0.5) is 5.69 Å². The van der Waals surface area contributed by atoms with Gasteiger partial charge in [-0.2, -0.15) is 0 Å². The number of non-ortho nitro benzene ring substituents is 1. The number of rotatable bonds is 2. The minimum atomic E-state index is -0.538. The highest BCUT2D eigenvalue weighted by Crippen LogP contribution is 2.35. The van der Waals surface area contributed by atoms with Crippen molar-refractivity contribution in [3.63, 3.8) is 0 Å². The zero-order valence-electron chi connectivity index (χ0n) is 9.84. The first-order chi connectivity index (χ1) is 7.95. The fourth-order valence-electron chi connectivity index (χ4n) is 2.24. The smallest absolute Gasteiger partial charge is 0.269 e. The van der Waals surface area contributed by atoms with Crippen molar-refractivity contribution in [3.05, 3.63) is 39.9 Å². The molecule has 5 nitrogen and oxygen atoms in total. The van der Waals surface area contributed by atoms with Gasteiger partial charge < -0.3 is 4.90 Å². The Kier molecular flexibility index (Phi) is 2.61.